The number of aromatic nitrogens is 2. The maximum atomic E-state index is 4.58. The fourth-order valence-electron chi connectivity index (χ4n) is 2.23. The molecule has 0 amide bonds. The highest BCUT2D eigenvalue weighted by Gasteiger charge is 2.19. The fraction of sp³-hybridized carbons (Fsp3) is 0.533. The van der Waals surface area contributed by atoms with Crippen LogP contribution in [0, 0.1) is 6.92 Å². The van der Waals surface area contributed by atoms with Gasteiger partial charge in [-0.1, -0.05) is 13.8 Å². The molecule has 1 N–H and O–H groups in total. The number of hydrogen-bond donors (Lipinski definition) is 1. The Kier molecular flexibility index (Phi) is 5.16. The van der Waals surface area contributed by atoms with Crippen molar-refractivity contribution in [1.82, 2.24) is 14.9 Å². The topological polar surface area (TPSA) is 29.9 Å². The van der Waals surface area contributed by atoms with Crippen molar-refractivity contribution in [2.45, 2.75) is 46.2 Å². The van der Waals surface area contributed by atoms with Crippen LogP contribution in [0.4, 0.5) is 0 Å². The van der Waals surface area contributed by atoms with Gasteiger partial charge in [0.05, 0.1) is 0 Å². The van der Waals surface area contributed by atoms with E-state index in [9.17, 15) is 0 Å². The van der Waals surface area contributed by atoms with E-state index in [2.05, 4.69) is 54.0 Å². The van der Waals surface area contributed by atoms with Gasteiger partial charge in [-0.15, -0.1) is 11.3 Å². The van der Waals surface area contributed by atoms with Gasteiger partial charge in [-0.25, -0.2) is 4.98 Å². The maximum absolute atomic E-state index is 4.58. The average Bonchev–Trinajstić information content (AvgIpc) is 3.01. The van der Waals surface area contributed by atoms with Gasteiger partial charge < -0.3 is 9.88 Å². The standard InChI is InChI=1S/C15H23N3S/c1-4-8-16-14(13-7-6-12(3)19-13)15-17-9-11-18(15)10-5-2/h6-7,9,11,14,16H,4-5,8,10H2,1-3H3. The third kappa shape index (κ3) is 3.45. The molecule has 0 aliphatic rings. The average molecular weight is 277 g/mol. The van der Waals surface area contributed by atoms with Crippen LogP contribution in [0.15, 0.2) is 24.5 Å². The van der Waals surface area contributed by atoms with E-state index in [0.717, 1.165) is 31.8 Å². The largest absolute Gasteiger partial charge is 0.333 e. The molecule has 0 saturated heterocycles. The van der Waals surface area contributed by atoms with Crippen molar-refractivity contribution in [3.8, 4) is 0 Å². The molecular weight excluding hydrogens is 254 g/mol. The lowest BCUT2D eigenvalue weighted by molar-refractivity contribution is 0.535. The summed E-state index contributed by atoms with van der Waals surface area (Å²) in [7, 11) is 0. The molecule has 0 spiro atoms. The molecule has 104 valence electrons. The molecule has 1 unspecified atom stereocenters. The van der Waals surface area contributed by atoms with Crippen LogP contribution in [0.1, 0.15) is 48.3 Å². The van der Waals surface area contributed by atoms with Crippen molar-refractivity contribution in [3.63, 3.8) is 0 Å². The molecule has 2 aromatic rings. The van der Waals surface area contributed by atoms with Gasteiger partial charge in [0.1, 0.15) is 11.9 Å². The molecule has 0 bridgehead atoms. The van der Waals surface area contributed by atoms with Crippen molar-refractivity contribution in [3.05, 3.63) is 40.1 Å². The monoisotopic (exact) mass is 277 g/mol. The molecule has 4 heteroatoms. The zero-order chi connectivity index (χ0) is 13.7. The Bertz CT molecular complexity index is 501. The Morgan fingerprint density at radius 3 is 2.79 bits per heavy atom. The zero-order valence-electron chi connectivity index (χ0n) is 12.0. The Hall–Kier alpha value is -1.13. The van der Waals surface area contributed by atoms with Crippen LogP contribution in [-0.4, -0.2) is 16.1 Å². The molecule has 0 saturated carbocycles. The van der Waals surface area contributed by atoms with E-state index < -0.39 is 0 Å². The molecular formula is C15H23N3S. The molecule has 0 aromatic carbocycles. The SMILES string of the molecule is CCCNC(c1ccc(C)s1)c1nccn1CCC. The van der Waals surface area contributed by atoms with Crippen LogP contribution in [0.5, 0.6) is 0 Å². The minimum absolute atomic E-state index is 0.222. The summed E-state index contributed by atoms with van der Waals surface area (Å²) in [5.41, 5.74) is 0. The van der Waals surface area contributed by atoms with E-state index in [0.29, 0.717) is 0 Å². The first-order valence-electron chi connectivity index (χ1n) is 7.07. The van der Waals surface area contributed by atoms with Crippen molar-refractivity contribution in [2.24, 2.45) is 0 Å². The molecule has 1 atom stereocenters. The highest BCUT2D eigenvalue weighted by molar-refractivity contribution is 7.12. The van der Waals surface area contributed by atoms with Crippen LogP contribution in [-0.2, 0) is 6.54 Å². The van der Waals surface area contributed by atoms with Crippen molar-refractivity contribution in [2.75, 3.05) is 6.54 Å². The van der Waals surface area contributed by atoms with Crippen LogP contribution in [0.2, 0.25) is 0 Å². The molecule has 2 aromatic heterocycles. The summed E-state index contributed by atoms with van der Waals surface area (Å²) >= 11 is 1.86. The number of rotatable bonds is 7. The summed E-state index contributed by atoms with van der Waals surface area (Å²) in [6.07, 6.45) is 6.26. The van der Waals surface area contributed by atoms with E-state index >= 15 is 0 Å². The van der Waals surface area contributed by atoms with Crippen molar-refractivity contribution >= 4 is 11.3 Å². The number of thiophene rings is 1. The summed E-state index contributed by atoms with van der Waals surface area (Å²) in [6.45, 7) is 8.60. The third-order valence-corrected chi connectivity index (χ3v) is 4.18. The number of nitrogens with one attached hydrogen (secondary N) is 1. The predicted octanol–water partition coefficient (Wildman–Crippen LogP) is 3.75. The first-order valence-corrected chi connectivity index (χ1v) is 7.88. The zero-order valence-corrected chi connectivity index (χ0v) is 12.8. The third-order valence-electron chi connectivity index (χ3n) is 3.11. The number of imidazole rings is 1. The van der Waals surface area contributed by atoms with Crippen molar-refractivity contribution < 1.29 is 0 Å². The number of hydrogen-bond acceptors (Lipinski definition) is 3. The van der Waals surface area contributed by atoms with E-state index in [1.165, 1.54) is 9.75 Å². The predicted molar refractivity (Wildman–Crippen MR) is 81.7 cm³/mol. The van der Waals surface area contributed by atoms with Gasteiger partial charge in [-0.2, -0.15) is 0 Å². The Balaban J connectivity index is 2.28. The van der Waals surface area contributed by atoms with Crippen LogP contribution in [0.3, 0.4) is 0 Å². The summed E-state index contributed by atoms with van der Waals surface area (Å²) in [4.78, 5) is 7.29. The normalized spacial score (nSPS) is 12.8. The second kappa shape index (κ2) is 6.87. The van der Waals surface area contributed by atoms with Crippen LogP contribution < -0.4 is 5.32 Å². The lowest BCUT2D eigenvalue weighted by Gasteiger charge is -2.18. The van der Waals surface area contributed by atoms with E-state index in [1.807, 2.05) is 17.5 Å². The molecule has 2 heterocycles. The van der Waals surface area contributed by atoms with Gasteiger partial charge in [0.15, 0.2) is 0 Å². The fourth-order valence-corrected chi connectivity index (χ4v) is 3.18. The van der Waals surface area contributed by atoms with E-state index in [1.54, 1.807) is 0 Å². The number of aryl methyl sites for hydroxylation is 2. The highest BCUT2D eigenvalue weighted by atomic mass is 32.1. The van der Waals surface area contributed by atoms with Gasteiger partial charge >= 0.3 is 0 Å². The lowest BCUT2D eigenvalue weighted by atomic mass is 10.2. The quantitative estimate of drug-likeness (QED) is 0.835. The smallest absolute Gasteiger partial charge is 0.131 e. The Labute approximate surface area is 119 Å². The molecule has 19 heavy (non-hydrogen) atoms. The highest BCUT2D eigenvalue weighted by Crippen LogP contribution is 2.27. The second-order valence-electron chi connectivity index (χ2n) is 4.81. The van der Waals surface area contributed by atoms with Gasteiger partial charge in [0, 0.05) is 28.7 Å². The van der Waals surface area contributed by atoms with Gasteiger partial charge in [0.25, 0.3) is 0 Å². The molecule has 0 aliphatic heterocycles. The Morgan fingerprint density at radius 1 is 1.32 bits per heavy atom. The maximum Gasteiger partial charge on any atom is 0.131 e. The van der Waals surface area contributed by atoms with Crippen molar-refractivity contribution in [1.29, 1.82) is 0 Å². The van der Waals surface area contributed by atoms with Crippen LogP contribution >= 0.6 is 11.3 Å². The van der Waals surface area contributed by atoms with E-state index in [-0.39, 0.29) is 6.04 Å². The minimum Gasteiger partial charge on any atom is -0.333 e. The second-order valence-corrected chi connectivity index (χ2v) is 6.13. The molecule has 0 aliphatic carbocycles. The van der Waals surface area contributed by atoms with Gasteiger partial charge in [-0.3, -0.25) is 0 Å². The summed E-state index contributed by atoms with van der Waals surface area (Å²) in [5, 5.41) is 3.63. The lowest BCUT2D eigenvalue weighted by Crippen LogP contribution is -2.25. The summed E-state index contributed by atoms with van der Waals surface area (Å²) in [5.74, 6) is 1.14. The molecule has 0 fully saturated rings. The summed E-state index contributed by atoms with van der Waals surface area (Å²) < 4.78 is 2.27. The van der Waals surface area contributed by atoms with Crippen LogP contribution in [0.25, 0.3) is 0 Å². The minimum atomic E-state index is 0.222. The first-order chi connectivity index (χ1) is 9.26. The summed E-state index contributed by atoms with van der Waals surface area (Å²) in [6, 6.07) is 4.63. The molecule has 2 rings (SSSR count). The van der Waals surface area contributed by atoms with Gasteiger partial charge in [-0.05, 0) is 38.4 Å². The molecule has 0 radical (unpaired) electrons. The van der Waals surface area contributed by atoms with Gasteiger partial charge in [0.2, 0.25) is 0 Å². The molecule has 3 nitrogen and oxygen atoms in total. The first kappa shape index (κ1) is 14.3. The van der Waals surface area contributed by atoms with E-state index in [4.69, 9.17) is 0 Å². The Morgan fingerprint density at radius 2 is 2.16 bits per heavy atom. The number of nitrogens with zero attached hydrogens (tertiary/aromatic N) is 2.